The second-order valence-electron chi connectivity index (χ2n) is 6.25. The maximum absolute atomic E-state index is 13.2. The Labute approximate surface area is 142 Å². The van der Waals surface area contributed by atoms with Crippen LogP contribution in [0.1, 0.15) is 54.9 Å². The summed E-state index contributed by atoms with van der Waals surface area (Å²) in [5.74, 6) is -0.250. The highest BCUT2D eigenvalue weighted by molar-refractivity contribution is 5.94. The van der Waals surface area contributed by atoms with Crippen LogP contribution < -0.4 is 0 Å². The predicted molar refractivity (Wildman–Crippen MR) is 92.0 cm³/mol. The van der Waals surface area contributed by atoms with Gasteiger partial charge in [0.1, 0.15) is 5.82 Å². The summed E-state index contributed by atoms with van der Waals surface area (Å²) in [5.41, 5.74) is 3.55. The first-order valence-corrected chi connectivity index (χ1v) is 8.81. The Bertz CT molecular complexity index is 721. The highest BCUT2D eigenvalue weighted by Crippen LogP contribution is 2.28. The zero-order valence-corrected chi connectivity index (χ0v) is 14.4. The molecule has 1 aromatic carbocycles. The van der Waals surface area contributed by atoms with E-state index in [0.29, 0.717) is 12.2 Å². The van der Waals surface area contributed by atoms with Crippen molar-refractivity contribution in [1.29, 1.82) is 0 Å². The zero-order valence-electron chi connectivity index (χ0n) is 14.4. The molecule has 0 fully saturated rings. The van der Waals surface area contributed by atoms with Gasteiger partial charge in [-0.1, -0.05) is 13.3 Å². The lowest BCUT2D eigenvalue weighted by molar-refractivity contribution is 0.0755. The van der Waals surface area contributed by atoms with Gasteiger partial charge in [0.2, 0.25) is 0 Å². The molecule has 0 bridgehead atoms. The van der Waals surface area contributed by atoms with Crippen molar-refractivity contribution in [3.63, 3.8) is 0 Å². The van der Waals surface area contributed by atoms with Crippen molar-refractivity contribution in [3.8, 4) is 5.69 Å². The van der Waals surface area contributed by atoms with Gasteiger partial charge in [0.05, 0.1) is 5.69 Å². The smallest absolute Gasteiger partial charge is 0.274 e. The van der Waals surface area contributed by atoms with Crippen LogP contribution in [0.25, 0.3) is 5.69 Å². The van der Waals surface area contributed by atoms with E-state index in [2.05, 4.69) is 12.0 Å². The van der Waals surface area contributed by atoms with Crippen molar-refractivity contribution >= 4 is 5.91 Å². The van der Waals surface area contributed by atoms with E-state index < -0.39 is 0 Å². The average molecular weight is 329 g/mol. The molecule has 3 rings (SSSR count). The van der Waals surface area contributed by atoms with E-state index in [1.807, 2.05) is 16.5 Å². The van der Waals surface area contributed by atoms with Gasteiger partial charge in [-0.05, 0) is 56.9 Å². The lowest BCUT2D eigenvalue weighted by Crippen LogP contribution is -2.32. The van der Waals surface area contributed by atoms with Crippen LogP contribution in [0.5, 0.6) is 0 Å². The molecule has 1 aromatic heterocycles. The molecule has 24 heavy (non-hydrogen) atoms. The summed E-state index contributed by atoms with van der Waals surface area (Å²) >= 11 is 0. The molecule has 0 unspecified atom stereocenters. The van der Waals surface area contributed by atoms with E-state index >= 15 is 0 Å². The third kappa shape index (κ3) is 3.07. The van der Waals surface area contributed by atoms with E-state index in [0.717, 1.165) is 55.6 Å². The normalized spacial score (nSPS) is 13.1. The Balaban J connectivity index is 1.96. The molecule has 5 heteroatoms. The molecule has 0 saturated carbocycles. The molecule has 0 radical (unpaired) electrons. The number of amides is 1. The standard InChI is InChI=1S/C19H24FN3O/c1-3-5-13-22(4-2)19(24)18-16-7-6-8-17(16)23(21-18)15-11-9-14(20)10-12-15/h9-12H,3-8,13H2,1-2H3. The van der Waals surface area contributed by atoms with E-state index in [1.165, 1.54) is 12.1 Å². The predicted octanol–water partition coefficient (Wildman–Crippen LogP) is 3.76. The van der Waals surface area contributed by atoms with Gasteiger partial charge in [-0.3, -0.25) is 4.79 Å². The summed E-state index contributed by atoms with van der Waals surface area (Å²) in [6.45, 7) is 5.59. The van der Waals surface area contributed by atoms with Crippen molar-refractivity contribution in [3.05, 3.63) is 47.0 Å². The third-order valence-electron chi connectivity index (χ3n) is 4.65. The van der Waals surface area contributed by atoms with Gasteiger partial charge in [0, 0.05) is 24.3 Å². The molecule has 0 atom stereocenters. The molecule has 0 saturated heterocycles. The Hall–Kier alpha value is -2.17. The number of fused-ring (bicyclic) bond motifs is 1. The monoisotopic (exact) mass is 329 g/mol. The van der Waals surface area contributed by atoms with E-state index in [-0.39, 0.29) is 11.7 Å². The maximum Gasteiger partial charge on any atom is 0.274 e. The highest BCUT2D eigenvalue weighted by atomic mass is 19.1. The number of halogens is 1. The fourth-order valence-corrected chi connectivity index (χ4v) is 3.31. The molecule has 0 aliphatic heterocycles. The molecule has 1 aliphatic carbocycles. The Morgan fingerprint density at radius 2 is 2.00 bits per heavy atom. The number of aromatic nitrogens is 2. The van der Waals surface area contributed by atoms with Crippen LogP contribution in [0.15, 0.2) is 24.3 Å². The van der Waals surface area contributed by atoms with E-state index in [4.69, 9.17) is 0 Å². The van der Waals surface area contributed by atoms with Crippen LogP contribution in [0.3, 0.4) is 0 Å². The molecule has 1 heterocycles. The highest BCUT2D eigenvalue weighted by Gasteiger charge is 2.28. The van der Waals surface area contributed by atoms with Gasteiger partial charge in [0.25, 0.3) is 5.91 Å². The number of hydrogen-bond acceptors (Lipinski definition) is 2. The van der Waals surface area contributed by atoms with Crippen molar-refractivity contribution in [2.75, 3.05) is 13.1 Å². The van der Waals surface area contributed by atoms with Gasteiger partial charge >= 0.3 is 0 Å². The number of unbranched alkanes of at least 4 members (excludes halogenated alkanes) is 1. The van der Waals surface area contributed by atoms with Gasteiger partial charge in [-0.2, -0.15) is 5.10 Å². The minimum Gasteiger partial charge on any atom is -0.338 e. The summed E-state index contributed by atoms with van der Waals surface area (Å²) in [6.07, 6.45) is 4.90. The SMILES string of the molecule is CCCCN(CC)C(=O)c1nn(-c2ccc(F)cc2)c2c1CCC2. The summed E-state index contributed by atoms with van der Waals surface area (Å²) in [4.78, 5) is 14.8. The number of nitrogens with zero attached hydrogens (tertiary/aromatic N) is 3. The van der Waals surface area contributed by atoms with Crippen LogP contribution in [0.4, 0.5) is 4.39 Å². The molecule has 1 amide bonds. The van der Waals surface area contributed by atoms with Crippen molar-refractivity contribution < 1.29 is 9.18 Å². The first-order chi connectivity index (χ1) is 11.7. The quantitative estimate of drug-likeness (QED) is 0.809. The molecule has 0 spiro atoms. The molecule has 4 nitrogen and oxygen atoms in total. The second kappa shape index (κ2) is 7.16. The van der Waals surface area contributed by atoms with Crippen molar-refractivity contribution in [1.82, 2.24) is 14.7 Å². The number of carbonyl (C=O) groups excluding carboxylic acids is 1. The average Bonchev–Trinajstić information content (AvgIpc) is 3.18. The Morgan fingerprint density at radius 3 is 2.67 bits per heavy atom. The summed E-state index contributed by atoms with van der Waals surface area (Å²) < 4.78 is 15.0. The first kappa shape index (κ1) is 16.7. The van der Waals surface area contributed by atoms with Crippen LogP contribution in [-0.2, 0) is 12.8 Å². The topological polar surface area (TPSA) is 38.1 Å². The lowest BCUT2D eigenvalue weighted by atomic mass is 10.1. The number of rotatable bonds is 6. The summed E-state index contributed by atoms with van der Waals surface area (Å²) in [7, 11) is 0. The molecule has 2 aromatic rings. The van der Waals surface area contributed by atoms with E-state index in [9.17, 15) is 9.18 Å². The number of hydrogen-bond donors (Lipinski definition) is 0. The third-order valence-corrected chi connectivity index (χ3v) is 4.65. The largest absolute Gasteiger partial charge is 0.338 e. The van der Waals surface area contributed by atoms with Gasteiger partial charge in [-0.25, -0.2) is 9.07 Å². The molecular weight excluding hydrogens is 305 g/mol. The fraction of sp³-hybridized carbons (Fsp3) is 0.474. The summed E-state index contributed by atoms with van der Waals surface area (Å²) in [6, 6.07) is 6.28. The first-order valence-electron chi connectivity index (χ1n) is 8.81. The van der Waals surface area contributed by atoms with Crippen LogP contribution >= 0.6 is 0 Å². The molecule has 0 N–H and O–H groups in total. The fourth-order valence-electron chi connectivity index (χ4n) is 3.31. The van der Waals surface area contributed by atoms with Gasteiger partial charge in [-0.15, -0.1) is 0 Å². The molecule has 1 aliphatic rings. The lowest BCUT2D eigenvalue weighted by Gasteiger charge is -2.19. The molecule has 128 valence electrons. The van der Waals surface area contributed by atoms with Crippen molar-refractivity contribution in [2.24, 2.45) is 0 Å². The minimum absolute atomic E-state index is 0.0185. The van der Waals surface area contributed by atoms with Crippen molar-refractivity contribution in [2.45, 2.75) is 46.0 Å². The molecular formula is C19H24FN3O. The van der Waals surface area contributed by atoms with Gasteiger partial charge in [0.15, 0.2) is 5.69 Å². The number of benzene rings is 1. The Kier molecular flexibility index (Phi) is 4.97. The Morgan fingerprint density at radius 1 is 1.25 bits per heavy atom. The second-order valence-corrected chi connectivity index (χ2v) is 6.25. The summed E-state index contributed by atoms with van der Waals surface area (Å²) in [5, 5.41) is 4.61. The van der Waals surface area contributed by atoms with Crippen LogP contribution in [0.2, 0.25) is 0 Å². The maximum atomic E-state index is 13.2. The van der Waals surface area contributed by atoms with Crippen LogP contribution in [-0.4, -0.2) is 33.7 Å². The number of carbonyl (C=O) groups is 1. The minimum atomic E-state index is -0.268. The zero-order chi connectivity index (χ0) is 17.1. The van der Waals surface area contributed by atoms with Crippen LogP contribution in [0, 0.1) is 5.82 Å². The van der Waals surface area contributed by atoms with Gasteiger partial charge < -0.3 is 4.90 Å². The van der Waals surface area contributed by atoms with E-state index in [1.54, 1.807) is 12.1 Å².